The normalized spacial score (nSPS) is 26.4. The van der Waals surface area contributed by atoms with Crippen molar-refractivity contribution in [2.75, 3.05) is 26.2 Å². The lowest BCUT2D eigenvalue weighted by atomic mass is 9.88. The Morgan fingerprint density at radius 1 is 1.08 bits per heavy atom. The Labute approximate surface area is 144 Å². The molecule has 24 heavy (non-hydrogen) atoms. The maximum absolute atomic E-state index is 12.9. The average Bonchev–Trinajstić information content (AvgIpc) is 3.05. The van der Waals surface area contributed by atoms with E-state index in [-0.39, 0.29) is 5.91 Å². The van der Waals surface area contributed by atoms with Crippen LogP contribution in [0.1, 0.15) is 67.3 Å². The Bertz CT molecular complexity index is 583. The average molecular weight is 331 g/mol. The molecule has 132 valence electrons. The molecular weight excluding hydrogens is 302 g/mol. The third-order valence-corrected chi connectivity index (χ3v) is 6.15. The molecule has 0 radical (unpaired) electrons. The van der Waals surface area contributed by atoms with Crippen molar-refractivity contribution in [1.82, 2.24) is 15.0 Å². The first kappa shape index (κ1) is 16.1. The zero-order valence-electron chi connectivity index (χ0n) is 14.8. The Morgan fingerprint density at radius 3 is 2.58 bits per heavy atom. The molecule has 0 spiro atoms. The smallest absolute Gasteiger partial charge is 0.276 e. The van der Waals surface area contributed by atoms with Gasteiger partial charge in [-0.3, -0.25) is 4.79 Å². The van der Waals surface area contributed by atoms with Crippen molar-refractivity contribution in [1.29, 1.82) is 0 Å². The van der Waals surface area contributed by atoms with Crippen LogP contribution < -0.4 is 0 Å². The van der Waals surface area contributed by atoms with E-state index >= 15 is 0 Å². The fourth-order valence-corrected chi connectivity index (χ4v) is 4.61. The van der Waals surface area contributed by atoms with E-state index < -0.39 is 0 Å². The van der Waals surface area contributed by atoms with Crippen molar-refractivity contribution >= 4 is 5.91 Å². The molecule has 2 fully saturated rings. The number of hydrogen-bond acceptors (Lipinski definition) is 4. The van der Waals surface area contributed by atoms with Gasteiger partial charge in [-0.25, -0.2) is 0 Å². The number of likely N-dealkylation sites (tertiary alicyclic amines) is 2. The first-order valence-corrected chi connectivity index (χ1v) is 9.73. The Morgan fingerprint density at radius 2 is 1.83 bits per heavy atom. The predicted molar refractivity (Wildman–Crippen MR) is 92.0 cm³/mol. The largest absolute Gasteiger partial charge is 0.360 e. The number of fused-ring (bicyclic) bond motifs is 1. The molecule has 0 saturated carbocycles. The highest BCUT2D eigenvalue weighted by Gasteiger charge is 2.32. The van der Waals surface area contributed by atoms with E-state index in [1.807, 2.05) is 4.90 Å². The molecular formula is C19H29N3O2. The van der Waals surface area contributed by atoms with Crippen molar-refractivity contribution in [2.24, 2.45) is 5.92 Å². The summed E-state index contributed by atoms with van der Waals surface area (Å²) in [6.45, 7) is 6.45. The van der Waals surface area contributed by atoms with Crippen LogP contribution in [0.25, 0.3) is 0 Å². The topological polar surface area (TPSA) is 49.6 Å². The zero-order valence-corrected chi connectivity index (χ0v) is 14.8. The van der Waals surface area contributed by atoms with Gasteiger partial charge in [0.25, 0.3) is 5.91 Å². The van der Waals surface area contributed by atoms with Crippen LogP contribution in [0.4, 0.5) is 0 Å². The van der Waals surface area contributed by atoms with Crippen molar-refractivity contribution in [3.63, 3.8) is 0 Å². The van der Waals surface area contributed by atoms with E-state index in [0.29, 0.717) is 17.7 Å². The number of carbonyl (C=O) groups excluding carboxylic acids is 1. The third kappa shape index (κ3) is 3.10. The number of aromatic nitrogens is 1. The van der Waals surface area contributed by atoms with Gasteiger partial charge < -0.3 is 14.3 Å². The summed E-state index contributed by atoms with van der Waals surface area (Å²) in [6, 6.07) is 0.667. The van der Waals surface area contributed by atoms with Gasteiger partial charge in [-0.05, 0) is 57.5 Å². The van der Waals surface area contributed by atoms with E-state index in [9.17, 15) is 4.79 Å². The van der Waals surface area contributed by atoms with Crippen LogP contribution in [-0.2, 0) is 12.8 Å². The third-order valence-electron chi connectivity index (χ3n) is 6.15. The summed E-state index contributed by atoms with van der Waals surface area (Å²) < 4.78 is 5.46. The maximum atomic E-state index is 12.9. The van der Waals surface area contributed by atoms with Gasteiger partial charge in [0.05, 0.1) is 0 Å². The second-order valence-electron chi connectivity index (χ2n) is 7.90. The SMILES string of the molecule is C[C@H]1CCc2onc(C(=O)N3CCC(N4CCCCC4)CC3)c2C1. The molecule has 2 aliphatic heterocycles. The molecule has 1 aromatic rings. The lowest BCUT2D eigenvalue weighted by molar-refractivity contribution is 0.0580. The fraction of sp³-hybridized carbons (Fsp3) is 0.789. The molecule has 5 heteroatoms. The fourth-order valence-electron chi connectivity index (χ4n) is 4.61. The number of carbonyl (C=O) groups is 1. The Hall–Kier alpha value is -1.36. The second kappa shape index (κ2) is 6.87. The van der Waals surface area contributed by atoms with Gasteiger partial charge in [-0.15, -0.1) is 0 Å². The summed E-state index contributed by atoms with van der Waals surface area (Å²) in [6.07, 6.45) is 9.24. The van der Waals surface area contributed by atoms with Crippen LogP contribution in [0.5, 0.6) is 0 Å². The van der Waals surface area contributed by atoms with Crippen LogP contribution in [-0.4, -0.2) is 53.1 Å². The summed E-state index contributed by atoms with van der Waals surface area (Å²) in [7, 11) is 0. The van der Waals surface area contributed by atoms with E-state index in [2.05, 4.69) is 17.0 Å². The number of aryl methyl sites for hydroxylation is 1. The van der Waals surface area contributed by atoms with Gasteiger partial charge in [0, 0.05) is 31.1 Å². The Kier molecular flexibility index (Phi) is 4.61. The molecule has 0 bridgehead atoms. The van der Waals surface area contributed by atoms with Crippen LogP contribution >= 0.6 is 0 Å². The van der Waals surface area contributed by atoms with Crippen LogP contribution in [0.3, 0.4) is 0 Å². The lowest BCUT2D eigenvalue weighted by Gasteiger charge is -2.40. The Balaban J connectivity index is 1.39. The standard InChI is InChI=1S/C19H29N3O2/c1-14-5-6-17-16(13-14)18(20-24-17)19(23)22-11-7-15(8-12-22)21-9-3-2-4-10-21/h14-15H,2-13H2,1H3/t14-/m0/s1. The van der Waals surface area contributed by atoms with E-state index in [4.69, 9.17) is 4.52 Å². The van der Waals surface area contributed by atoms with Gasteiger partial charge in [0.15, 0.2) is 5.69 Å². The second-order valence-corrected chi connectivity index (χ2v) is 7.90. The van der Waals surface area contributed by atoms with Gasteiger partial charge in [0.2, 0.25) is 0 Å². The van der Waals surface area contributed by atoms with Crippen LogP contribution in [0, 0.1) is 5.92 Å². The highest BCUT2D eigenvalue weighted by molar-refractivity contribution is 5.94. The predicted octanol–water partition coefficient (Wildman–Crippen LogP) is 2.89. The van der Waals surface area contributed by atoms with Crippen LogP contribution in [0.15, 0.2) is 4.52 Å². The maximum Gasteiger partial charge on any atom is 0.276 e. The van der Waals surface area contributed by atoms with Gasteiger partial charge in [0.1, 0.15) is 5.76 Å². The molecule has 1 amide bonds. The molecule has 4 rings (SSSR count). The monoisotopic (exact) mass is 331 g/mol. The van der Waals surface area contributed by atoms with E-state index in [1.54, 1.807) is 0 Å². The van der Waals surface area contributed by atoms with Crippen molar-refractivity contribution in [3.05, 3.63) is 17.0 Å². The highest BCUT2D eigenvalue weighted by Crippen LogP contribution is 2.29. The number of hydrogen-bond donors (Lipinski definition) is 0. The minimum atomic E-state index is 0.0891. The molecule has 3 aliphatic rings. The molecule has 5 nitrogen and oxygen atoms in total. The van der Waals surface area contributed by atoms with E-state index in [0.717, 1.165) is 56.5 Å². The van der Waals surface area contributed by atoms with Crippen molar-refractivity contribution < 1.29 is 9.32 Å². The summed E-state index contributed by atoms with van der Waals surface area (Å²) in [5.41, 5.74) is 1.67. The molecule has 0 N–H and O–H groups in total. The number of rotatable bonds is 2. The minimum absolute atomic E-state index is 0.0891. The summed E-state index contributed by atoms with van der Waals surface area (Å²) in [4.78, 5) is 17.6. The molecule has 0 aromatic carbocycles. The molecule has 0 unspecified atom stereocenters. The van der Waals surface area contributed by atoms with Crippen molar-refractivity contribution in [2.45, 2.75) is 64.3 Å². The summed E-state index contributed by atoms with van der Waals surface area (Å²) in [5, 5.41) is 4.14. The van der Waals surface area contributed by atoms with Gasteiger partial charge in [-0.1, -0.05) is 18.5 Å². The molecule has 1 aliphatic carbocycles. The number of nitrogens with zero attached hydrogens (tertiary/aromatic N) is 3. The quantitative estimate of drug-likeness (QED) is 0.836. The first-order chi connectivity index (χ1) is 11.7. The lowest BCUT2D eigenvalue weighted by Crippen LogP contribution is -2.48. The summed E-state index contributed by atoms with van der Waals surface area (Å²) >= 11 is 0. The van der Waals surface area contributed by atoms with Crippen molar-refractivity contribution in [3.8, 4) is 0 Å². The van der Waals surface area contributed by atoms with Gasteiger partial charge >= 0.3 is 0 Å². The molecule has 1 atom stereocenters. The van der Waals surface area contributed by atoms with Crippen LogP contribution in [0.2, 0.25) is 0 Å². The van der Waals surface area contributed by atoms with Gasteiger partial charge in [-0.2, -0.15) is 0 Å². The zero-order chi connectivity index (χ0) is 16.5. The molecule has 2 saturated heterocycles. The molecule has 1 aromatic heterocycles. The molecule has 3 heterocycles. The minimum Gasteiger partial charge on any atom is -0.360 e. The number of piperidine rings is 2. The highest BCUT2D eigenvalue weighted by atomic mass is 16.5. The summed E-state index contributed by atoms with van der Waals surface area (Å²) in [5.74, 6) is 1.65. The number of amides is 1. The van der Waals surface area contributed by atoms with E-state index in [1.165, 1.54) is 32.4 Å². The first-order valence-electron chi connectivity index (χ1n) is 9.73.